The van der Waals surface area contributed by atoms with Gasteiger partial charge in [-0.1, -0.05) is 12.1 Å². The molecule has 2 aromatic rings. The zero-order valence-corrected chi connectivity index (χ0v) is 16.5. The lowest BCUT2D eigenvalue weighted by molar-refractivity contribution is 0.0162. The Morgan fingerprint density at radius 2 is 1.93 bits per heavy atom. The molecule has 3 rings (SSSR count). The van der Waals surface area contributed by atoms with E-state index in [9.17, 15) is 4.79 Å². The highest BCUT2D eigenvalue weighted by atomic mass is 16.5. The maximum Gasteiger partial charge on any atom is 0.255 e. The van der Waals surface area contributed by atoms with Crippen LogP contribution >= 0.6 is 0 Å². The summed E-state index contributed by atoms with van der Waals surface area (Å²) in [6, 6.07) is 8.12. The van der Waals surface area contributed by atoms with E-state index < -0.39 is 0 Å². The number of amides is 1. The highest BCUT2D eigenvalue weighted by Gasteiger charge is 2.25. The number of methoxy groups -OCH3 is 1. The van der Waals surface area contributed by atoms with Crippen molar-refractivity contribution in [2.45, 2.75) is 19.9 Å². The molecular weight excluding hydrogens is 344 g/mol. The zero-order valence-electron chi connectivity index (χ0n) is 16.5. The number of carbonyl (C=O) groups is 1. The number of aryl methyl sites for hydroxylation is 2. The molecular formula is C20H28N4O3. The minimum Gasteiger partial charge on any atom is -0.497 e. The molecule has 0 saturated carbocycles. The topological polar surface area (TPSA) is 68.6 Å². The first-order valence-electron chi connectivity index (χ1n) is 9.25. The van der Waals surface area contributed by atoms with Gasteiger partial charge in [-0.3, -0.25) is 14.4 Å². The number of hydrogen-bond donors (Lipinski definition) is 1. The standard InChI is InChI=1S/C20H28N4O3/c1-14-19(15(2)23(3)22-14)20(25)21-13-18(24-9-11-27-12-10-24)16-5-7-17(26-4)8-6-16/h5-8,18H,9-13H2,1-4H3,(H,21,25). The Bertz CT molecular complexity index is 779. The fourth-order valence-corrected chi connectivity index (χ4v) is 3.55. The van der Waals surface area contributed by atoms with Crippen molar-refractivity contribution in [3.63, 3.8) is 0 Å². The van der Waals surface area contributed by atoms with Crippen molar-refractivity contribution in [1.82, 2.24) is 20.0 Å². The number of aromatic nitrogens is 2. The van der Waals surface area contributed by atoms with E-state index in [1.165, 1.54) is 0 Å². The average Bonchev–Trinajstić information content (AvgIpc) is 2.95. The van der Waals surface area contributed by atoms with E-state index in [1.54, 1.807) is 11.8 Å². The van der Waals surface area contributed by atoms with Crippen molar-refractivity contribution in [1.29, 1.82) is 0 Å². The second kappa shape index (κ2) is 8.54. The van der Waals surface area contributed by atoms with Gasteiger partial charge in [-0.25, -0.2) is 0 Å². The number of rotatable bonds is 6. The smallest absolute Gasteiger partial charge is 0.255 e. The number of benzene rings is 1. The predicted octanol–water partition coefficient (Wildman–Crippen LogP) is 1.85. The van der Waals surface area contributed by atoms with Crippen molar-refractivity contribution >= 4 is 5.91 Å². The van der Waals surface area contributed by atoms with Crippen LogP contribution in [0.5, 0.6) is 5.75 Å². The number of nitrogens with zero attached hydrogens (tertiary/aromatic N) is 3. The molecule has 1 aliphatic rings. The molecule has 0 spiro atoms. The predicted molar refractivity (Wildman–Crippen MR) is 103 cm³/mol. The molecule has 1 saturated heterocycles. The molecule has 1 N–H and O–H groups in total. The lowest BCUT2D eigenvalue weighted by Crippen LogP contribution is -2.44. The number of hydrogen-bond acceptors (Lipinski definition) is 5. The van der Waals surface area contributed by atoms with Gasteiger partial charge in [0.2, 0.25) is 0 Å². The van der Waals surface area contributed by atoms with Crippen molar-refractivity contribution in [2.24, 2.45) is 7.05 Å². The third-order valence-corrected chi connectivity index (χ3v) is 5.18. The van der Waals surface area contributed by atoms with Crippen LogP contribution in [0.3, 0.4) is 0 Å². The van der Waals surface area contributed by atoms with E-state index in [4.69, 9.17) is 9.47 Å². The number of ether oxygens (including phenoxy) is 2. The molecule has 1 unspecified atom stereocenters. The van der Waals surface area contributed by atoms with Crippen LogP contribution in [0.15, 0.2) is 24.3 Å². The van der Waals surface area contributed by atoms with Crippen LogP contribution in [0.4, 0.5) is 0 Å². The van der Waals surface area contributed by atoms with Gasteiger partial charge in [0.25, 0.3) is 5.91 Å². The minimum atomic E-state index is -0.0788. The van der Waals surface area contributed by atoms with Gasteiger partial charge in [-0.2, -0.15) is 5.10 Å². The van der Waals surface area contributed by atoms with E-state index in [1.807, 2.05) is 33.0 Å². The molecule has 1 amide bonds. The first kappa shape index (κ1) is 19.4. The summed E-state index contributed by atoms with van der Waals surface area (Å²) in [4.78, 5) is 15.1. The van der Waals surface area contributed by atoms with Crippen molar-refractivity contribution in [2.75, 3.05) is 40.0 Å². The molecule has 146 valence electrons. The van der Waals surface area contributed by atoms with Gasteiger partial charge >= 0.3 is 0 Å². The van der Waals surface area contributed by atoms with Gasteiger partial charge in [-0.15, -0.1) is 0 Å². The molecule has 1 aliphatic heterocycles. The molecule has 27 heavy (non-hydrogen) atoms. The summed E-state index contributed by atoms with van der Waals surface area (Å²) in [5.74, 6) is 0.745. The molecule has 0 aliphatic carbocycles. The second-order valence-corrected chi connectivity index (χ2v) is 6.82. The van der Waals surface area contributed by atoms with E-state index >= 15 is 0 Å². The molecule has 1 aromatic heterocycles. The number of nitrogens with one attached hydrogen (secondary N) is 1. The van der Waals surface area contributed by atoms with Gasteiger partial charge in [0.05, 0.1) is 37.6 Å². The number of carbonyl (C=O) groups excluding carboxylic acids is 1. The monoisotopic (exact) mass is 372 g/mol. The summed E-state index contributed by atoms with van der Waals surface area (Å²) >= 11 is 0. The van der Waals surface area contributed by atoms with Crippen LogP contribution in [0.1, 0.15) is 33.4 Å². The maximum absolute atomic E-state index is 12.8. The Labute approximate surface area is 160 Å². The fourth-order valence-electron chi connectivity index (χ4n) is 3.55. The summed E-state index contributed by atoms with van der Waals surface area (Å²) in [7, 11) is 3.51. The van der Waals surface area contributed by atoms with Crippen molar-refractivity contribution in [3.8, 4) is 5.75 Å². The Balaban J connectivity index is 1.77. The maximum atomic E-state index is 12.8. The van der Waals surface area contributed by atoms with Gasteiger partial charge in [-0.05, 0) is 31.5 Å². The van der Waals surface area contributed by atoms with Crippen LogP contribution in [0, 0.1) is 13.8 Å². The average molecular weight is 372 g/mol. The highest BCUT2D eigenvalue weighted by molar-refractivity contribution is 5.96. The fraction of sp³-hybridized carbons (Fsp3) is 0.500. The van der Waals surface area contributed by atoms with Crippen LogP contribution < -0.4 is 10.1 Å². The van der Waals surface area contributed by atoms with E-state index in [0.29, 0.717) is 25.3 Å². The Kier molecular flexibility index (Phi) is 6.13. The third-order valence-electron chi connectivity index (χ3n) is 5.18. The summed E-state index contributed by atoms with van der Waals surface area (Å²) in [5.41, 5.74) is 3.43. The second-order valence-electron chi connectivity index (χ2n) is 6.82. The Hall–Kier alpha value is -2.38. The van der Waals surface area contributed by atoms with Gasteiger partial charge in [0.15, 0.2) is 0 Å². The largest absolute Gasteiger partial charge is 0.497 e. The van der Waals surface area contributed by atoms with Gasteiger partial charge in [0, 0.05) is 32.4 Å². The molecule has 1 aromatic carbocycles. The summed E-state index contributed by atoms with van der Waals surface area (Å²) < 4.78 is 12.5. The Morgan fingerprint density at radius 3 is 2.48 bits per heavy atom. The number of morpholine rings is 1. The molecule has 2 heterocycles. The molecule has 1 fully saturated rings. The lowest BCUT2D eigenvalue weighted by Gasteiger charge is -2.35. The van der Waals surface area contributed by atoms with Crippen LogP contribution in [0.25, 0.3) is 0 Å². The molecule has 0 radical (unpaired) electrons. The normalized spacial score (nSPS) is 16.1. The van der Waals surface area contributed by atoms with Crippen LogP contribution in [-0.4, -0.2) is 60.5 Å². The van der Waals surface area contributed by atoms with E-state index in [2.05, 4.69) is 27.4 Å². The molecule has 1 atom stereocenters. The van der Waals surface area contributed by atoms with Crippen molar-refractivity contribution < 1.29 is 14.3 Å². The molecule has 7 heteroatoms. The quantitative estimate of drug-likeness (QED) is 0.838. The zero-order chi connectivity index (χ0) is 19.4. The van der Waals surface area contributed by atoms with E-state index in [0.717, 1.165) is 35.8 Å². The molecule has 7 nitrogen and oxygen atoms in total. The SMILES string of the molecule is COc1ccc(C(CNC(=O)c2c(C)nn(C)c2C)N2CCOCC2)cc1. The first-order valence-corrected chi connectivity index (χ1v) is 9.25. The first-order chi connectivity index (χ1) is 13.0. The summed E-state index contributed by atoms with van der Waals surface area (Å²) in [6.45, 7) is 7.42. The summed E-state index contributed by atoms with van der Waals surface area (Å²) in [5, 5.41) is 7.45. The van der Waals surface area contributed by atoms with Crippen molar-refractivity contribution in [3.05, 3.63) is 46.8 Å². The summed E-state index contributed by atoms with van der Waals surface area (Å²) in [6.07, 6.45) is 0. The Morgan fingerprint density at radius 1 is 1.26 bits per heavy atom. The van der Waals surface area contributed by atoms with Gasteiger partial charge in [0.1, 0.15) is 5.75 Å². The third kappa shape index (κ3) is 4.31. The lowest BCUT2D eigenvalue weighted by atomic mass is 10.0. The molecule has 0 bridgehead atoms. The van der Waals surface area contributed by atoms with E-state index in [-0.39, 0.29) is 11.9 Å². The van der Waals surface area contributed by atoms with Crippen LogP contribution in [-0.2, 0) is 11.8 Å². The highest BCUT2D eigenvalue weighted by Crippen LogP contribution is 2.24. The van der Waals surface area contributed by atoms with Crippen LogP contribution in [0.2, 0.25) is 0 Å². The van der Waals surface area contributed by atoms with Gasteiger partial charge < -0.3 is 14.8 Å². The minimum absolute atomic E-state index is 0.0788.